The van der Waals surface area contributed by atoms with Crippen LogP contribution in [0, 0.1) is 20.8 Å². The van der Waals surface area contributed by atoms with Crippen LogP contribution in [-0.2, 0) is 22.4 Å². The van der Waals surface area contributed by atoms with Gasteiger partial charge in [0.2, 0.25) is 0 Å². The van der Waals surface area contributed by atoms with Crippen molar-refractivity contribution in [1.82, 2.24) is 5.32 Å². The predicted molar refractivity (Wildman–Crippen MR) is 114 cm³/mol. The molecule has 0 radical (unpaired) electrons. The lowest BCUT2D eigenvalue weighted by atomic mass is 9.86. The first-order valence-corrected chi connectivity index (χ1v) is 10.2. The maximum atomic E-state index is 13.1. The van der Waals surface area contributed by atoms with Crippen LogP contribution in [-0.4, -0.2) is 33.7 Å². The molecule has 0 bridgehead atoms. The van der Waals surface area contributed by atoms with Crippen LogP contribution in [0.15, 0.2) is 30.3 Å². The number of rotatable bonds is 6. The fourth-order valence-corrected chi connectivity index (χ4v) is 3.93. The number of ether oxygens (including phenoxy) is 1. The second-order valence-electron chi connectivity index (χ2n) is 8.25. The summed E-state index contributed by atoms with van der Waals surface area (Å²) in [7, 11) is 0. The second kappa shape index (κ2) is 8.38. The Bertz CT molecular complexity index is 970. The quantitative estimate of drug-likeness (QED) is 0.675. The number of carbonyl (C=O) groups excluding carboxylic acids is 1. The van der Waals surface area contributed by atoms with Gasteiger partial charge >= 0.3 is 5.97 Å². The largest absolute Gasteiger partial charge is 0.507 e. The van der Waals surface area contributed by atoms with Gasteiger partial charge in [-0.2, -0.15) is 0 Å². The standard InChI is InChI=1S/C24H29NO5/c1-14-15(2)21-18(16(3)20(14)26)12-13-24(4,30-21)23(29)25-19(22(27)28)11-10-17-8-6-5-7-9-17/h5-9,19,26H,10-13H2,1-4H3,(H,25,29)(H,27,28)/t19-,24+/m0/s1. The Hall–Kier alpha value is -3.02. The highest BCUT2D eigenvalue weighted by molar-refractivity contribution is 5.89. The van der Waals surface area contributed by atoms with Crippen molar-refractivity contribution in [2.75, 3.05) is 0 Å². The number of phenols is 1. The number of aryl methyl sites for hydroxylation is 1. The zero-order chi connectivity index (χ0) is 22.1. The van der Waals surface area contributed by atoms with Gasteiger partial charge in [0.25, 0.3) is 5.91 Å². The van der Waals surface area contributed by atoms with Crippen LogP contribution in [0.2, 0.25) is 0 Å². The number of aromatic hydroxyl groups is 1. The Balaban J connectivity index is 1.76. The van der Waals surface area contributed by atoms with E-state index in [-0.39, 0.29) is 5.75 Å². The fourth-order valence-electron chi connectivity index (χ4n) is 3.93. The van der Waals surface area contributed by atoms with Crippen molar-refractivity contribution in [3.8, 4) is 11.5 Å². The summed E-state index contributed by atoms with van der Waals surface area (Å²) in [4.78, 5) is 24.8. The fraction of sp³-hybridized carbons (Fsp3) is 0.417. The van der Waals surface area contributed by atoms with Gasteiger partial charge in [-0.25, -0.2) is 4.79 Å². The van der Waals surface area contributed by atoms with Crippen LogP contribution in [0.25, 0.3) is 0 Å². The number of benzene rings is 2. The minimum atomic E-state index is -1.17. The molecular formula is C24H29NO5. The van der Waals surface area contributed by atoms with E-state index in [2.05, 4.69) is 5.32 Å². The van der Waals surface area contributed by atoms with Gasteiger partial charge in [0, 0.05) is 12.0 Å². The minimum absolute atomic E-state index is 0.259. The normalized spacial score (nSPS) is 18.8. The average Bonchev–Trinajstić information content (AvgIpc) is 2.73. The molecule has 0 spiro atoms. The van der Waals surface area contributed by atoms with E-state index in [0.717, 1.165) is 27.8 Å². The lowest BCUT2D eigenvalue weighted by molar-refractivity contribution is -0.146. The van der Waals surface area contributed by atoms with E-state index in [4.69, 9.17) is 4.74 Å². The van der Waals surface area contributed by atoms with E-state index in [0.29, 0.717) is 31.4 Å². The molecule has 160 valence electrons. The highest BCUT2D eigenvalue weighted by Crippen LogP contribution is 2.43. The summed E-state index contributed by atoms with van der Waals surface area (Å²) in [6.45, 7) is 7.21. The maximum Gasteiger partial charge on any atom is 0.326 e. The predicted octanol–water partition coefficient (Wildman–Crippen LogP) is 3.60. The molecule has 2 atom stereocenters. The molecule has 6 heteroatoms. The van der Waals surface area contributed by atoms with Crippen molar-refractivity contribution in [2.24, 2.45) is 0 Å². The number of carbonyl (C=O) groups is 2. The summed E-state index contributed by atoms with van der Waals surface area (Å²) in [6.07, 6.45) is 1.82. The Morgan fingerprint density at radius 1 is 1.13 bits per heavy atom. The van der Waals surface area contributed by atoms with Crippen LogP contribution in [0.5, 0.6) is 11.5 Å². The van der Waals surface area contributed by atoms with E-state index in [1.807, 2.05) is 51.1 Å². The van der Waals surface area contributed by atoms with E-state index in [1.54, 1.807) is 6.92 Å². The molecule has 3 rings (SSSR count). The summed E-state index contributed by atoms with van der Waals surface area (Å²) in [5.41, 5.74) is 3.04. The first-order chi connectivity index (χ1) is 14.1. The van der Waals surface area contributed by atoms with Crippen molar-refractivity contribution in [3.63, 3.8) is 0 Å². The molecule has 0 unspecified atom stereocenters. The van der Waals surface area contributed by atoms with Crippen molar-refractivity contribution >= 4 is 11.9 Å². The Kier molecular flexibility index (Phi) is 6.06. The molecule has 0 saturated heterocycles. The topological polar surface area (TPSA) is 95.9 Å². The number of nitrogens with one attached hydrogen (secondary N) is 1. The number of amides is 1. The summed E-state index contributed by atoms with van der Waals surface area (Å²) in [5.74, 6) is -0.624. The Morgan fingerprint density at radius 2 is 1.80 bits per heavy atom. The van der Waals surface area contributed by atoms with Crippen LogP contribution >= 0.6 is 0 Å². The first kappa shape index (κ1) is 21.7. The number of carboxylic acids is 1. The molecular weight excluding hydrogens is 382 g/mol. The number of hydrogen-bond donors (Lipinski definition) is 3. The van der Waals surface area contributed by atoms with E-state index < -0.39 is 23.5 Å². The lowest BCUT2D eigenvalue weighted by Crippen LogP contribution is -2.55. The van der Waals surface area contributed by atoms with Crippen LogP contribution < -0.4 is 10.1 Å². The van der Waals surface area contributed by atoms with Crippen LogP contribution in [0.4, 0.5) is 0 Å². The summed E-state index contributed by atoms with van der Waals surface area (Å²) in [5, 5.41) is 22.6. The first-order valence-electron chi connectivity index (χ1n) is 10.2. The van der Waals surface area contributed by atoms with Crippen molar-refractivity contribution in [1.29, 1.82) is 0 Å². The molecule has 2 aromatic carbocycles. The molecule has 30 heavy (non-hydrogen) atoms. The van der Waals surface area contributed by atoms with Gasteiger partial charge in [0.1, 0.15) is 17.5 Å². The SMILES string of the molecule is Cc1c(C)c2c(c(C)c1O)CC[C@](C)(C(=O)N[C@@H](CCc1ccccc1)C(=O)O)O2. The third-order valence-electron chi connectivity index (χ3n) is 6.17. The number of carboxylic acid groups (broad SMARTS) is 1. The number of aliphatic carboxylic acids is 1. The summed E-state index contributed by atoms with van der Waals surface area (Å²) >= 11 is 0. The molecule has 6 nitrogen and oxygen atoms in total. The highest BCUT2D eigenvalue weighted by atomic mass is 16.5. The Morgan fingerprint density at radius 3 is 2.43 bits per heavy atom. The summed E-state index contributed by atoms with van der Waals surface area (Å²) < 4.78 is 6.16. The third-order valence-corrected chi connectivity index (χ3v) is 6.17. The maximum absolute atomic E-state index is 13.1. The molecule has 1 aliphatic rings. The highest BCUT2D eigenvalue weighted by Gasteiger charge is 2.42. The van der Waals surface area contributed by atoms with Gasteiger partial charge < -0.3 is 20.3 Å². The second-order valence-corrected chi connectivity index (χ2v) is 8.25. The average molecular weight is 411 g/mol. The van der Waals surface area contributed by atoms with Crippen molar-refractivity contribution < 1.29 is 24.5 Å². The van der Waals surface area contributed by atoms with Gasteiger partial charge in [0.15, 0.2) is 5.60 Å². The van der Waals surface area contributed by atoms with Crippen LogP contribution in [0.1, 0.15) is 47.6 Å². The molecule has 1 amide bonds. The molecule has 1 aliphatic heterocycles. The number of fused-ring (bicyclic) bond motifs is 1. The molecule has 1 heterocycles. The molecule has 0 aromatic heterocycles. The van der Waals surface area contributed by atoms with E-state index in [9.17, 15) is 19.8 Å². The zero-order valence-corrected chi connectivity index (χ0v) is 17.9. The minimum Gasteiger partial charge on any atom is -0.507 e. The van der Waals surface area contributed by atoms with Crippen LogP contribution in [0.3, 0.4) is 0 Å². The van der Waals surface area contributed by atoms with E-state index in [1.165, 1.54) is 0 Å². The molecule has 0 aliphatic carbocycles. The summed E-state index contributed by atoms with van der Waals surface area (Å²) in [6, 6.07) is 8.59. The van der Waals surface area contributed by atoms with Gasteiger partial charge in [-0.15, -0.1) is 0 Å². The Labute approximate surface area is 176 Å². The van der Waals surface area contributed by atoms with Crippen molar-refractivity contribution in [2.45, 2.75) is 65.0 Å². The lowest BCUT2D eigenvalue weighted by Gasteiger charge is -2.37. The monoisotopic (exact) mass is 411 g/mol. The van der Waals surface area contributed by atoms with Gasteiger partial charge in [-0.3, -0.25) is 4.79 Å². The van der Waals surface area contributed by atoms with Gasteiger partial charge in [-0.05, 0) is 69.2 Å². The smallest absolute Gasteiger partial charge is 0.326 e. The van der Waals surface area contributed by atoms with Gasteiger partial charge in [-0.1, -0.05) is 30.3 Å². The molecule has 2 aromatic rings. The number of hydrogen-bond acceptors (Lipinski definition) is 4. The third kappa shape index (κ3) is 4.13. The molecule has 0 fully saturated rings. The number of phenolic OH excluding ortho intramolecular Hbond substituents is 1. The zero-order valence-electron chi connectivity index (χ0n) is 17.9. The molecule has 0 saturated carbocycles. The van der Waals surface area contributed by atoms with Crippen molar-refractivity contribution in [3.05, 3.63) is 58.1 Å². The van der Waals surface area contributed by atoms with E-state index >= 15 is 0 Å². The van der Waals surface area contributed by atoms with Gasteiger partial charge in [0.05, 0.1) is 0 Å². The molecule has 3 N–H and O–H groups in total.